The van der Waals surface area contributed by atoms with Gasteiger partial charge in [-0.15, -0.1) is 0 Å². The number of nitrogens with one attached hydrogen (secondary N) is 1. The zero-order valence-electron chi connectivity index (χ0n) is 15.2. The van der Waals surface area contributed by atoms with E-state index in [1.54, 1.807) is 24.3 Å². The van der Waals surface area contributed by atoms with Gasteiger partial charge in [0, 0.05) is 6.07 Å². The summed E-state index contributed by atoms with van der Waals surface area (Å²) >= 11 is 0. The second kappa shape index (κ2) is 9.42. The molecule has 0 spiro atoms. The third-order valence-corrected chi connectivity index (χ3v) is 3.61. The van der Waals surface area contributed by atoms with Crippen molar-refractivity contribution in [2.45, 2.75) is 6.42 Å². The average Bonchev–Trinajstić information content (AvgIpc) is 2.66. The van der Waals surface area contributed by atoms with E-state index in [2.05, 4.69) is 5.32 Å². The fourth-order valence-electron chi connectivity index (χ4n) is 2.28. The van der Waals surface area contributed by atoms with Gasteiger partial charge >= 0.3 is 5.97 Å². The van der Waals surface area contributed by atoms with Gasteiger partial charge in [-0.2, -0.15) is 0 Å². The Kier molecular flexibility index (Phi) is 6.99. The number of carbonyl (C=O) groups excluding carboxylic acids is 2. The first-order valence-corrected chi connectivity index (χ1v) is 7.96. The molecule has 0 heterocycles. The van der Waals surface area contributed by atoms with Crippen molar-refractivity contribution in [1.82, 2.24) is 0 Å². The van der Waals surface area contributed by atoms with E-state index >= 15 is 0 Å². The summed E-state index contributed by atoms with van der Waals surface area (Å²) in [4.78, 5) is 23.9. The molecule has 0 fully saturated rings. The van der Waals surface area contributed by atoms with Gasteiger partial charge in [0.1, 0.15) is 11.5 Å². The van der Waals surface area contributed by atoms with Gasteiger partial charge in [-0.1, -0.05) is 6.07 Å². The first-order valence-electron chi connectivity index (χ1n) is 7.96. The molecule has 0 atom stereocenters. The number of methoxy groups -OCH3 is 3. The number of hydrogen-bond donors (Lipinski definition) is 1. The SMILES string of the molecule is COc1ccc(OC)c(NC(=O)COC(=O)Cc2ccc(OC)c(F)c2)c1. The quantitative estimate of drug-likeness (QED) is 0.712. The Balaban J connectivity index is 1.90. The average molecular weight is 377 g/mol. The van der Waals surface area contributed by atoms with E-state index in [1.165, 1.54) is 33.5 Å². The van der Waals surface area contributed by atoms with Crippen LogP contribution in [-0.4, -0.2) is 39.8 Å². The highest BCUT2D eigenvalue weighted by Crippen LogP contribution is 2.28. The van der Waals surface area contributed by atoms with E-state index in [1.807, 2.05) is 0 Å². The van der Waals surface area contributed by atoms with Crippen LogP contribution in [0.5, 0.6) is 17.2 Å². The van der Waals surface area contributed by atoms with E-state index in [9.17, 15) is 14.0 Å². The molecule has 0 unspecified atom stereocenters. The maximum Gasteiger partial charge on any atom is 0.310 e. The lowest BCUT2D eigenvalue weighted by molar-refractivity contribution is -0.146. The summed E-state index contributed by atoms with van der Waals surface area (Å²) in [7, 11) is 4.31. The Labute approximate surface area is 156 Å². The zero-order chi connectivity index (χ0) is 19.8. The van der Waals surface area contributed by atoms with Gasteiger partial charge in [0.25, 0.3) is 5.91 Å². The summed E-state index contributed by atoms with van der Waals surface area (Å²) < 4.78 is 33.6. The lowest BCUT2D eigenvalue weighted by Crippen LogP contribution is -2.22. The predicted molar refractivity (Wildman–Crippen MR) is 95.8 cm³/mol. The Morgan fingerprint density at radius 3 is 2.30 bits per heavy atom. The Morgan fingerprint density at radius 2 is 1.67 bits per heavy atom. The van der Waals surface area contributed by atoms with Gasteiger partial charge < -0.3 is 24.3 Å². The molecule has 27 heavy (non-hydrogen) atoms. The molecule has 1 amide bonds. The maximum atomic E-state index is 13.6. The van der Waals surface area contributed by atoms with Gasteiger partial charge in [0.2, 0.25) is 0 Å². The van der Waals surface area contributed by atoms with Crippen LogP contribution in [0.1, 0.15) is 5.56 Å². The summed E-state index contributed by atoms with van der Waals surface area (Å²) in [6.07, 6.45) is -0.170. The van der Waals surface area contributed by atoms with Crippen molar-refractivity contribution >= 4 is 17.6 Å². The monoisotopic (exact) mass is 377 g/mol. The third-order valence-electron chi connectivity index (χ3n) is 3.61. The second-order valence-corrected chi connectivity index (χ2v) is 5.42. The van der Waals surface area contributed by atoms with Crippen LogP contribution in [0.25, 0.3) is 0 Å². The highest BCUT2D eigenvalue weighted by Gasteiger charge is 2.13. The predicted octanol–water partition coefficient (Wildman–Crippen LogP) is 2.58. The van der Waals surface area contributed by atoms with Crippen molar-refractivity contribution < 1.29 is 32.9 Å². The van der Waals surface area contributed by atoms with Crippen molar-refractivity contribution in [2.75, 3.05) is 33.3 Å². The molecule has 1 N–H and O–H groups in total. The van der Waals surface area contributed by atoms with Crippen LogP contribution >= 0.6 is 0 Å². The minimum atomic E-state index is -0.660. The summed E-state index contributed by atoms with van der Waals surface area (Å²) in [6.45, 7) is -0.488. The molecule has 8 heteroatoms. The molecule has 7 nitrogen and oxygen atoms in total. The van der Waals surface area contributed by atoms with E-state index in [0.29, 0.717) is 22.7 Å². The van der Waals surface area contributed by atoms with Crippen LogP contribution in [-0.2, 0) is 20.7 Å². The molecule has 144 valence electrons. The number of amides is 1. The maximum absolute atomic E-state index is 13.6. The van der Waals surface area contributed by atoms with Gasteiger partial charge in [0.05, 0.1) is 33.4 Å². The smallest absolute Gasteiger partial charge is 0.310 e. The molecular weight excluding hydrogens is 357 g/mol. The third kappa shape index (κ3) is 5.60. The standard InChI is InChI=1S/C19H20FNO6/c1-24-13-5-7-17(26-3)15(10-13)21-18(22)11-27-19(23)9-12-4-6-16(25-2)14(20)8-12/h4-8,10H,9,11H2,1-3H3,(H,21,22). The van der Waals surface area contributed by atoms with Crippen LogP contribution < -0.4 is 19.5 Å². The Bertz CT molecular complexity index is 824. The van der Waals surface area contributed by atoms with Gasteiger partial charge in [-0.25, -0.2) is 4.39 Å². The lowest BCUT2D eigenvalue weighted by atomic mass is 10.1. The summed E-state index contributed by atoms with van der Waals surface area (Å²) in [5.74, 6) is -0.735. The summed E-state index contributed by atoms with van der Waals surface area (Å²) in [6, 6.07) is 9.05. The summed E-state index contributed by atoms with van der Waals surface area (Å²) in [5.41, 5.74) is 0.795. The zero-order valence-corrected chi connectivity index (χ0v) is 15.2. The highest BCUT2D eigenvalue weighted by atomic mass is 19.1. The van der Waals surface area contributed by atoms with Crippen molar-refractivity contribution in [3.05, 3.63) is 47.8 Å². The number of anilines is 1. The van der Waals surface area contributed by atoms with Gasteiger partial charge in [0.15, 0.2) is 18.2 Å². The topological polar surface area (TPSA) is 83.1 Å². The first-order chi connectivity index (χ1) is 13.0. The Hall–Kier alpha value is -3.29. The number of ether oxygens (including phenoxy) is 4. The second-order valence-electron chi connectivity index (χ2n) is 5.42. The van der Waals surface area contributed by atoms with E-state index < -0.39 is 24.3 Å². The molecule has 2 aromatic carbocycles. The molecule has 0 aromatic heterocycles. The van der Waals surface area contributed by atoms with Crippen molar-refractivity contribution in [3.63, 3.8) is 0 Å². The number of benzene rings is 2. The minimum Gasteiger partial charge on any atom is -0.497 e. The molecular formula is C19H20FNO6. The number of carbonyl (C=O) groups is 2. The number of rotatable bonds is 8. The highest BCUT2D eigenvalue weighted by molar-refractivity contribution is 5.94. The molecule has 2 rings (SSSR count). The van der Waals surface area contributed by atoms with E-state index in [0.717, 1.165) is 0 Å². The Morgan fingerprint density at radius 1 is 0.963 bits per heavy atom. The van der Waals surface area contributed by atoms with E-state index in [-0.39, 0.29) is 12.2 Å². The normalized spacial score (nSPS) is 10.1. The number of halogens is 1. The molecule has 0 aliphatic heterocycles. The van der Waals surface area contributed by atoms with E-state index in [4.69, 9.17) is 18.9 Å². The largest absolute Gasteiger partial charge is 0.497 e. The van der Waals surface area contributed by atoms with Crippen LogP contribution in [0.2, 0.25) is 0 Å². The first kappa shape index (κ1) is 20.0. The molecule has 0 saturated carbocycles. The molecule has 0 aliphatic rings. The molecule has 2 aromatic rings. The molecule has 0 aliphatic carbocycles. The van der Waals surface area contributed by atoms with Crippen molar-refractivity contribution in [1.29, 1.82) is 0 Å². The fraction of sp³-hybridized carbons (Fsp3) is 0.263. The minimum absolute atomic E-state index is 0.0822. The number of esters is 1. The molecule has 0 saturated heterocycles. The van der Waals surface area contributed by atoms with Gasteiger partial charge in [-0.05, 0) is 29.8 Å². The molecule has 0 bridgehead atoms. The van der Waals surface area contributed by atoms with Crippen LogP contribution in [0.3, 0.4) is 0 Å². The fourth-order valence-corrected chi connectivity index (χ4v) is 2.28. The van der Waals surface area contributed by atoms with Crippen molar-refractivity contribution in [3.8, 4) is 17.2 Å². The lowest BCUT2D eigenvalue weighted by Gasteiger charge is -2.12. The van der Waals surface area contributed by atoms with Crippen molar-refractivity contribution in [2.24, 2.45) is 0 Å². The van der Waals surface area contributed by atoms with Gasteiger partial charge in [-0.3, -0.25) is 9.59 Å². The number of hydrogen-bond acceptors (Lipinski definition) is 6. The van der Waals surface area contributed by atoms with Crippen LogP contribution in [0.4, 0.5) is 10.1 Å². The molecule has 0 radical (unpaired) electrons. The van der Waals surface area contributed by atoms with Crippen LogP contribution in [0, 0.1) is 5.82 Å². The summed E-state index contributed by atoms with van der Waals surface area (Å²) in [5, 5.41) is 2.58. The van der Waals surface area contributed by atoms with Crippen LogP contribution in [0.15, 0.2) is 36.4 Å².